The minimum Gasteiger partial charge on any atom is -0.451 e. The van der Waals surface area contributed by atoms with E-state index in [9.17, 15) is 18.0 Å². The molecule has 1 aromatic heterocycles. The fourth-order valence-electron chi connectivity index (χ4n) is 4.11. The lowest BCUT2D eigenvalue weighted by Crippen LogP contribution is -2.40. The van der Waals surface area contributed by atoms with Crippen molar-refractivity contribution in [2.45, 2.75) is 24.5 Å². The number of amides is 1. The van der Waals surface area contributed by atoms with Gasteiger partial charge in [-0.15, -0.1) is 11.3 Å². The number of carbonyl (C=O) groups excluding carboxylic acids is 2. The number of ether oxygens (including phenoxy) is 1. The van der Waals surface area contributed by atoms with Crippen LogP contribution in [0.5, 0.6) is 0 Å². The summed E-state index contributed by atoms with van der Waals surface area (Å²) in [7, 11) is -2.28. The molecule has 8 nitrogen and oxygen atoms in total. The fraction of sp³-hybridized carbons (Fsp3) is 0.208. The molecule has 0 radical (unpaired) electrons. The van der Waals surface area contributed by atoms with E-state index in [4.69, 9.17) is 4.74 Å². The quantitative estimate of drug-likeness (QED) is 0.380. The van der Waals surface area contributed by atoms with Crippen molar-refractivity contribution in [2.75, 3.05) is 17.9 Å². The number of esters is 1. The third-order valence-corrected chi connectivity index (χ3v) is 8.52. The van der Waals surface area contributed by atoms with Gasteiger partial charge in [-0.05, 0) is 36.6 Å². The van der Waals surface area contributed by atoms with Gasteiger partial charge in [0, 0.05) is 12.4 Å². The summed E-state index contributed by atoms with van der Waals surface area (Å²) in [6.07, 6.45) is -1.07. The normalized spacial score (nSPS) is 14.9. The Morgan fingerprint density at radius 3 is 2.59 bits per heavy atom. The van der Waals surface area contributed by atoms with Gasteiger partial charge in [-0.2, -0.15) is 0 Å². The zero-order valence-corrected chi connectivity index (χ0v) is 20.1. The highest BCUT2D eigenvalue weighted by atomic mass is 32.2. The minimum absolute atomic E-state index is 0.160. The number of anilines is 1. The van der Waals surface area contributed by atoms with Crippen molar-refractivity contribution >= 4 is 59.9 Å². The van der Waals surface area contributed by atoms with Crippen LogP contribution in [-0.2, 0) is 30.9 Å². The highest BCUT2D eigenvalue weighted by Crippen LogP contribution is 2.41. The molecule has 34 heavy (non-hydrogen) atoms. The van der Waals surface area contributed by atoms with Crippen molar-refractivity contribution in [3.63, 3.8) is 0 Å². The number of fused-ring (bicyclic) bond motifs is 1. The van der Waals surface area contributed by atoms with Crippen molar-refractivity contribution in [1.29, 1.82) is 0 Å². The average molecular weight is 496 g/mol. The van der Waals surface area contributed by atoms with E-state index in [0.29, 0.717) is 11.1 Å². The van der Waals surface area contributed by atoms with Crippen LogP contribution in [0.3, 0.4) is 0 Å². The lowest BCUT2D eigenvalue weighted by atomic mass is 10.1. The number of aromatic nitrogens is 1. The lowest BCUT2D eigenvalue weighted by Gasteiger charge is -2.22. The van der Waals surface area contributed by atoms with Crippen molar-refractivity contribution < 1.29 is 22.7 Å². The number of nitrogens with zero attached hydrogens (tertiary/aromatic N) is 3. The Bertz CT molecular complexity index is 1510. The second-order valence-electron chi connectivity index (χ2n) is 8.04. The zero-order chi connectivity index (χ0) is 24.0. The van der Waals surface area contributed by atoms with Gasteiger partial charge in [0.1, 0.15) is 11.6 Å². The molecule has 5 rings (SSSR count). The van der Waals surface area contributed by atoms with E-state index in [1.165, 1.54) is 29.2 Å². The summed E-state index contributed by atoms with van der Waals surface area (Å²) in [6.45, 7) is 1.23. The number of sulfonamides is 1. The van der Waals surface area contributed by atoms with Crippen LogP contribution in [0.2, 0.25) is 0 Å². The third kappa shape index (κ3) is 3.78. The van der Waals surface area contributed by atoms with E-state index < -0.39 is 34.5 Å². The van der Waals surface area contributed by atoms with Gasteiger partial charge in [0.25, 0.3) is 15.9 Å². The Morgan fingerprint density at radius 2 is 1.82 bits per heavy atom. The van der Waals surface area contributed by atoms with Crippen LogP contribution in [0.25, 0.3) is 21.0 Å². The highest BCUT2D eigenvalue weighted by molar-refractivity contribution is 7.93. The molecule has 1 atom stereocenters. The van der Waals surface area contributed by atoms with Crippen LogP contribution in [0.1, 0.15) is 11.9 Å². The van der Waals surface area contributed by atoms with Crippen molar-refractivity contribution in [3.8, 4) is 0 Å². The Kier molecular flexibility index (Phi) is 5.49. The Hall–Kier alpha value is -3.50. The summed E-state index contributed by atoms with van der Waals surface area (Å²) in [4.78, 5) is 31.6. The van der Waals surface area contributed by atoms with Crippen molar-refractivity contribution in [2.24, 2.45) is 0 Å². The van der Waals surface area contributed by atoms with Crippen LogP contribution in [0, 0.1) is 0 Å². The largest absolute Gasteiger partial charge is 0.451 e. The standard InChI is InChI=1S/C24H21N3O5S2/c1-15(24(29)26(2)13-21-25-17-9-3-4-11-19(17)33-21)32-22(28)14-27-18-10-5-7-16-8-6-12-20(23(16)18)34(27,30)31/h3-12,15H,13-14H2,1-2H3. The molecule has 4 aromatic rings. The van der Waals surface area contributed by atoms with E-state index in [-0.39, 0.29) is 11.4 Å². The molecule has 2 heterocycles. The molecule has 0 saturated heterocycles. The zero-order valence-electron chi connectivity index (χ0n) is 18.5. The predicted octanol–water partition coefficient (Wildman–Crippen LogP) is 3.55. The summed E-state index contributed by atoms with van der Waals surface area (Å²) >= 11 is 1.50. The molecule has 0 bridgehead atoms. The minimum atomic E-state index is -3.89. The number of hydrogen-bond acceptors (Lipinski definition) is 7. The maximum atomic E-state index is 13.0. The summed E-state index contributed by atoms with van der Waals surface area (Å²) in [5, 5.41) is 2.12. The van der Waals surface area contributed by atoms with Gasteiger partial charge in [-0.1, -0.05) is 36.4 Å². The summed E-state index contributed by atoms with van der Waals surface area (Å²) < 4.78 is 33.5. The molecule has 1 amide bonds. The first-order valence-electron chi connectivity index (χ1n) is 10.6. The smallest absolute Gasteiger partial charge is 0.327 e. The van der Waals surface area contributed by atoms with E-state index in [1.54, 1.807) is 25.2 Å². The summed E-state index contributed by atoms with van der Waals surface area (Å²) in [6, 6.07) is 17.9. The molecule has 1 aliphatic heterocycles. The average Bonchev–Trinajstić information content (AvgIpc) is 3.31. The van der Waals surface area contributed by atoms with Gasteiger partial charge < -0.3 is 9.64 Å². The van der Waals surface area contributed by atoms with Gasteiger partial charge in [0.15, 0.2) is 6.10 Å². The molecule has 0 saturated carbocycles. The number of benzene rings is 3. The first-order chi connectivity index (χ1) is 16.3. The van der Waals surface area contributed by atoms with E-state index in [2.05, 4.69) is 4.98 Å². The molecule has 0 fully saturated rings. The molecule has 174 valence electrons. The molecular weight excluding hydrogens is 474 g/mol. The number of para-hydroxylation sites is 1. The van der Waals surface area contributed by atoms with Gasteiger partial charge in [-0.3, -0.25) is 13.9 Å². The Balaban J connectivity index is 1.26. The van der Waals surface area contributed by atoms with E-state index in [0.717, 1.165) is 24.9 Å². The van der Waals surface area contributed by atoms with E-state index in [1.807, 2.05) is 36.4 Å². The summed E-state index contributed by atoms with van der Waals surface area (Å²) in [5.41, 5.74) is 1.29. The molecule has 0 spiro atoms. The van der Waals surface area contributed by atoms with Crippen LogP contribution in [0.4, 0.5) is 5.69 Å². The number of likely N-dealkylation sites (N-methyl/N-ethyl adjacent to an activating group) is 1. The first-order valence-corrected chi connectivity index (χ1v) is 12.8. The fourth-order valence-corrected chi connectivity index (χ4v) is 6.79. The van der Waals surface area contributed by atoms with Crippen LogP contribution in [-0.4, -0.2) is 49.9 Å². The number of rotatable bonds is 6. The molecule has 1 aliphatic rings. The molecule has 10 heteroatoms. The monoisotopic (exact) mass is 495 g/mol. The van der Waals surface area contributed by atoms with Gasteiger partial charge in [-0.25, -0.2) is 13.4 Å². The van der Waals surface area contributed by atoms with Crippen LogP contribution in [0.15, 0.2) is 65.6 Å². The topological polar surface area (TPSA) is 96.9 Å². The molecular formula is C24H21N3O5S2. The second-order valence-corrected chi connectivity index (χ2v) is 11.0. The Morgan fingerprint density at radius 1 is 1.09 bits per heavy atom. The van der Waals surface area contributed by atoms with Crippen molar-refractivity contribution in [1.82, 2.24) is 9.88 Å². The third-order valence-electron chi connectivity index (χ3n) is 5.70. The van der Waals surface area contributed by atoms with Gasteiger partial charge >= 0.3 is 5.97 Å². The number of thiazole rings is 1. The first kappa shape index (κ1) is 22.3. The SMILES string of the molecule is CC(OC(=O)CN1c2cccc3cccc(c23)S1(=O)=O)C(=O)N(C)Cc1nc2ccccc2s1. The van der Waals surface area contributed by atoms with Crippen LogP contribution >= 0.6 is 11.3 Å². The lowest BCUT2D eigenvalue weighted by molar-refractivity contribution is -0.157. The maximum Gasteiger partial charge on any atom is 0.327 e. The predicted molar refractivity (Wildman–Crippen MR) is 130 cm³/mol. The number of carbonyl (C=O) groups is 2. The van der Waals surface area contributed by atoms with Gasteiger partial charge in [0.2, 0.25) is 0 Å². The molecule has 0 aliphatic carbocycles. The molecule has 0 N–H and O–H groups in total. The molecule has 3 aromatic carbocycles. The maximum absolute atomic E-state index is 13.0. The molecule has 1 unspecified atom stereocenters. The highest BCUT2D eigenvalue weighted by Gasteiger charge is 2.37. The van der Waals surface area contributed by atoms with E-state index >= 15 is 0 Å². The van der Waals surface area contributed by atoms with Crippen molar-refractivity contribution in [3.05, 3.63) is 65.7 Å². The Labute approximate surface area is 200 Å². The van der Waals surface area contributed by atoms with Gasteiger partial charge in [0.05, 0.1) is 27.3 Å². The van der Waals surface area contributed by atoms with Crippen LogP contribution < -0.4 is 4.31 Å². The second kappa shape index (κ2) is 8.37. The summed E-state index contributed by atoms with van der Waals surface area (Å²) in [5.74, 6) is -1.20. The number of hydrogen-bond donors (Lipinski definition) is 0.